The van der Waals surface area contributed by atoms with Gasteiger partial charge in [-0.1, -0.05) is 36.8 Å². The third-order valence-electron chi connectivity index (χ3n) is 3.21. The van der Waals surface area contributed by atoms with Gasteiger partial charge in [0, 0.05) is 12.4 Å². The zero-order chi connectivity index (χ0) is 13.0. The van der Waals surface area contributed by atoms with E-state index in [9.17, 15) is 0 Å². The maximum atomic E-state index is 4.25. The van der Waals surface area contributed by atoms with E-state index in [1.54, 1.807) is 0 Å². The number of benzene rings is 1. The Morgan fingerprint density at radius 1 is 1.11 bits per heavy atom. The number of hydrogen-bond acceptors (Lipinski definition) is 2. The number of pyridine rings is 1. The van der Waals surface area contributed by atoms with E-state index in [2.05, 4.69) is 61.4 Å². The van der Waals surface area contributed by atoms with Gasteiger partial charge < -0.3 is 5.32 Å². The molecule has 94 valence electrons. The molecule has 0 saturated heterocycles. The second-order valence-corrected chi connectivity index (χ2v) is 4.63. The highest BCUT2D eigenvalue weighted by molar-refractivity contribution is 5.35. The van der Waals surface area contributed by atoms with Crippen LogP contribution in [0.2, 0.25) is 0 Å². The molecule has 0 spiro atoms. The molecule has 0 saturated carbocycles. The predicted molar refractivity (Wildman–Crippen MR) is 75.7 cm³/mol. The Kier molecular flexibility index (Phi) is 4.11. The van der Waals surface area contributed by atoms with Gasteiger partial charge in [0.2, 0.25) is 0 Å². The lowest BCUT2D eigenvalue weighted by molar-refractivity contribution is 0.625. The van der Waals surface area contributed by atoms with Crippen LogP contribution < -0.4 is 5.32 Å². The van der Waals surface area contributed by atoms with E-state index >= 15 is 0 Å². The van der Waals surface area contributed by atoms with Gasteiger partial charge in [-0.25, -0.2) is 0 Å². The first-order valence-corrected chi connectivity index (χ1v) is 6.43. The first-order valence-electron chi connectivity index (χ1n) is 6.43. The lowest BCUT2D eigenvalue weighted by atomic mass is 9.96. The molecule has 0 aliphatic rings. The molecule has 0 amide bonds. The summed E-state index contributed by atoms with van der Waals surface area (Å²) in [6.07, 6.45) is 3.81. The van der Waals surface area contributed by atoms with Crippen LogP contribution in [0.5, 0.6) is 0 Å². The number of rotatable bonds is 4. The molecule has 1 atom stereocenters. The van der Waals surface area contributed by atoms with Crippen LogP contribution >= 0.6 is 0 Å². The summed E-state index contributed by atoms with van der Waals surface area (Å²) in [5.41, 5.74) is 5.11. The van der Waals surface area contributed by atoms with Crippen LogP contribution in [0.25, 0.3) is 0 Å². The van der Waals surface area contributed by atoms with Gasteiger partial charge in [-0.3, -0.25) is 4.98 Å². The zero-order valence-corrected chi connectivity index (χ0v) is 11.3. The van der Waals surface area contributed by atoms with Crippen molar-refractivity contribution in [1.82, 2.24) is 10.3 Å². The van der Waals surface area contributed by atoms with E-state index in [-0.39, 0.29) is 6.04 Å². The highest BCUT2D eigenvalue weighted by atomic mass is 14.9. The smallest absolute Gasteiger partial charge is 0.0594 e. The van der Waals surface area contributed by atoms with Crippen molar-refractivity contribution in [1.29, 1.82) is 0 Å². The normalized spacial score (nSPS) is 12.4. The zero-order valence-electron chi connectivity index (χ0n) is 11.3. The van der Waals surface area contributed by atoms with Crippen LogP contribution in [0.15, 0.2) is 42.7 Å². The Balaban J connectivity index is 2.40. The van der Waals surface area contributed by atoms with Gasteiger partial charge in [0.05, 0.1) is 6.04 Å². The number of aryl methyl sites for hydroxylation is 2. The standard InChI is InChI=1S/C16H20N2/c1-4-18-16(14-7-5-12(2)6-8-14)15-11-17-10-9-13(15)3/h5-11,16,18H,4H2,1-3H3. The molecule has 2 nitrogen and oxygen atoms in total. The molecular weight excluding hydrogens is 220 g/mol. The molecule has 1 aromatic heterocycles. The van der Waals surface area contributed by atoms with Gasteiger partial charge in [0.15, 0.2) is 0 Å². The fourth-order valence-electron chi connectivity index (χ4n) is 2.15. The SMILES string of the molecule is CCNC(c1ccc(C)cc1)c1cnccc1C. The molecule has 0 aliphatic carbocycles. The maximum Gasteiger partial charge on any atom is 0.0594 e. The molecule has 2 heteroatoms. The molecule has 2 aromatic rings. The van der Waals surface area contributed by atoms with Crippen molar-refractivity contribution in [2.24, 2.45) is 0 Å². The summed E-state index contributed by atoms with van der Waals surface area (Å²) in [4.78, 5) is 4.25. The topological polar surface area (TPSA) is 24.9 Å². The van der Waals surface area contributed by atoms with Crippen molar-refractivity contribution in [3.8, 4) is 0 Å². The van der Waals surface area contributed by atoms with E-state index < -0.39 is 0 Å². The van der Waals surface area contributed by atoms with E-state index in [1.807, 2.05) is 12.4 Å². The van der Waals surface area contributed by atoms with Gasteiger partial charge in [0.1, 0.15) is 0 Å². The molecule has 18 heavy (non-hydrogen) atoms. The average Bonchev–Trinajstić information content (AvgIpc) is 2.38. The lowest BCUT2D eigenvalue weighted by Gasteiger charge is -2.20. The molecule has 1 heterocycles. The molecule has 0 aliphatic heterocycles. The van der Waals surface area contributed by atoms with Crippen LogP contribution in [0.4, 0.5) is 0 Å². The largest absolute Gasteiger partial charge is 0.306 e. The highest BCUT2D eigenvalue weighted by Crippen LogP contribution is 2.24. The monoisotopic (exact) mass is 240 g/mol. The fourth-order valence-corrected chi connectivity index (χ4v) is 2.15. The third kappa shape index (κ3) is 2.77. The fraction of sp³-hybridized carbons (Fsp3) is 0.312. The number of nitrogens with zero attached hydrogens (tertiary/aromatic N) is 1. The number of nitrogens with one attached hydrogen (secondary N) is 1. The van der Waals surface area contributed by atoms with Crippen molar-refractivity contribution in [3.05, 3.63) is 65.0 Å². The van der Waals surface area contributed by atoms with Crippen molar-refractivity contribution < 1.29 is 0 Å². The summed E-state index contributed by atoms with van der Waals surface area (Å²) < 4.78 is 0. The molecular formula is C16H20N2. The van der Waals surface area contributed by atoms with Gasteiger partial charge in [-0.2, -0.15) is 0 Å². The van der Waals surface area contributed by atoms with E-state index in [1.165, 1.54) is 22.3 Å². The van der Waals surface area contributed by atoms with Gasteiger partial charge in [0.25, 0.3) is 0 Å². The van der Waals surface area contributed by atoms with Crippen LogP contribution in [0.1, 0.15) is 35.2 Å². The quantitative estimate of drug-likeness (QED) is 0.886. The molecule has 0 radical (unpaired) electrons. The Labute approximate surface area is 109 Å². The summed E-state index contributed by atoms with van der Waals surface area (Å²) in [6.45, 7) is 7.32. The lowest BCUT2D eigenvalue weighted by Crippen LogP contribution is -2.22. The molecule has 0 bridgehead atoms. The number of hydrogen-bond donors (Lipinski definition) is 1. The van der Waals surface area contributed by atoms with Crippen molar-refractivity contribution in [2.45, 2.75) is 26.8 Å². The highest BCUT2D eigenvalue weighted by Gasteiger charge is 2.14. The minimum atomic E-state index is 0.226. The minimum Gasteiger partial charge on any atom is -0.306 e. The van der Waals surface area contributed by atoms with Crippen molar-refractivity contribution in [2.75, 3.05) is 6.54 Å². The average molecular weight is 240 g/mol. The minimum absolute atomic E-state index is 0.226. The van der Waals surface area contributed by atoms with Gasteiger partial charge in [-0.05, 0) is 43.1 Å². The molecule has 1 aromatic carbocycles. The van der Waals surface area contributed by atoms with E-state index in [0.29, 0.717) is 0 Å². The Morgan fingerprint density at radius 2 is 1.83 bits per heavy atom. The summed E-state index contributed by atoms with van der Waals surface area (Å²) in [5.74, 6) is 0. The molecule has 1 N–H and O–H groups in total. The second-order valence-electron chi connectivity index (χ2n) is 4.63. The van der Waals surface area contributed by atoms with Gasteiger partial charge in [-0.15, -0.1) is 0 Å². The van der Waals surface area contributed by atoms with Crippen molar-refractivity contribution in [3.63, 3.8) is 0 Å². The summed E-state index contributed by atoms with van der Waals surface area (Å²) in [5, 5.41) is 3.54. The Bertz CT molecular complexity index is 503. The summed E-state index contributed by atoms with van der Waals surface area (Å²) in [7, 11) is 0. The van der Waals surface area contributed by atoms with E-state index in [4.69, 9.17) is 0 Å². The third-order valence-corrected chi connectivity index (χ3v) is 3.21. The number of aromatic nitrogens is 1. The van der Waals surface area contributed by atoms with E-state index in [0.717, 1.165) is 6.54 Å². The first kappa shape index (κ1) is 12.8. The van der Waals surface area contributed by atoms with Crippen LogP contribution in [0.3, 0.4) is 0 Å². The first-order chi connectivity index (χ1) is 8.72. The Hall–Kier alpha value is -1.67. The molecule has 2 rings (SSSR count). The van der Waals surface area contributed by atoms with Crippen LogP contribution in [-0.2, 0) is 0 Å². The van der Waals surface area contributed by atoms with Gasteiger partial charge >= 0.3 is 0 Å². The summed E-state index contributed by atoms with van der Waals surface area (Å²) >= 11 is 0. The second kappa shape index (κ2) is 5.78. The molecule has 1 unspecified atom stereocenters. The van der Waals surface area contributed by atoms with Crippen LogP contribution in [-0.4, -0.2) is 11.5 Å². The Morgan fingerprint density at radius 3 is 2.44 bits per heavy atom. The predicted octanol–water partition coefficient (Wildman–Crippen LogP) is 3.40. The maximum absolute atomic E-state index is 4.25. The van der Waals surface area contributed by atoms with Crippen molar-refractivity contribution >= 4 is 0 Å². The molecule has 0 fully saturated rings. The summed E-state index contributed by atoms with van der Waals surface area (Å²) in [6, 6.07) is 11.0. The van der Waals surface area contributed by atoms with Crippen LogP contribution in [0, 0.1) is 13.8 Å².